The third-order valence-corrected chi connectivity index (χ3v) is 5.75. The number of aromatic nitrogens is 3. The molecule has 0 spiro atoms. The van der Waals surface area contributed by atoms with E-state index in [1.807, 2.05) is 60.7 Å². The van der Waals surface area contributed by atoms with Crippen molar-refractivity contribution in [2.45, 2.75) is 18.9 Å². The van der Waals surface area contributed by atoms with E-state index >= 15 is 0 Å². The Morgan fingerprint density at radius 3 is 2.26 bits per heavy atom. The lowest BCUT2D eigenvalue weighted by Crippen LogP contribution is -2.42. The highest BCUT2D eigenvalue weighted by Crippen LogP contribution is 2.25. The molecule has 0 bridgehead atoms. The zero-order valence-electron chi connectivity index (χ0n) is 18.3. The van der Waals surface area contributed by atoms with Gasteiger partial charge in [-0.1, -0.05) is 48.5 Å². The van der Waals surface area contributed by atoms with Crippen LogP contribution < -0.4 is 4.74 Å². The van der Waals surface area contributed by atoms with Crippen LogP contribution in [0.25, 0.3) is 17.1 Å². The Morgan fingerprint density at radius 1 is 0.912 bits per heavy atom. The Labute approximate surface area is 195 Å². The van der Waals surface area contributed by atoms with Crippen LogP contribution in [-0.2, 0) is 0 Å². The Morgan fingerprint density at radius 2 is 1.59 bits per heavy atom. The number of rotatable bonds is 5. The number of para-hydroxylation sites is 1. The first-order chi connectivity index (χ1) is 16.6. The standard InChI is InChI=1S/C26H22F2N4O2/c27-19-11-12-23(22(28)17-19)34-21-13-15-31(16-14-21)26(33)24-29-25(18-7-3-1-4-8-18)32(30-24)20-9-5-2-6-10-20/h1-12,17,21H,13-16H2. The van der Waals surface area contributed by atoms with Crippen molar-refractivity contribution < 1.29 is 18.3 Å². The number of piperidine rings is 1. The lowest BCUT2D eigenvalue weighted by atomic mass is 10.1. The molecule has 3 aromatic carbocycles. The summed E-state index contributed by atoms with van der Waals surface area (Å²) in [5.41, 5.74) is 1.66. The molecular weight excluding hydrogens is 438 g/mol. The van der Waals surface area contributed by atoms with Crippen LogP contribution in [0.4, 0.5) is 8.78 Å². The molecule has 0 radical (unpaired) electrons. The molecular formula is C26H22F2N4O2. The van der Waals surface area contributed by atoms with Gasteiger partial charge in [-0.15, -0.1) is 5.10 Å². The molecule has 8 heteroatoms. The monoisotopic (exact) mass is 460 g/mol. The molecule has 1 aliphatic heterocycles. The second-order valence-corrected chi connectivity index (χ2v) is 8.06. The van der Waals surface area contributed by atoms with Crippen LogP contribution in [0.15, 0.2) is 78.9 Å². The summed E-state index contributed by atoms with van der Waals surface area (Å²) in [6.07, 6.45) is 0.778. The van der Waals surface area contributed by atoms with Crippen molar-refractivity contribution >= 4 is 5.91 Å². The Hall–Kier alpha value is -4.07. The fraction of sp³-hybridized carbons (Fsp3) is 0.192. The van der Waals surface area contributed by atoms with Crippen LogP contribution in [-0.4, -0.2) is 44.8 Å². The van der Waals surface area contributed by atoms with Gasteiger partial charge in [0.05, 0.1) is 5.69 Å². The maximum absolute atomic E-state index is 13.9. The maximum Gasteiger partial charge on any atom is 0.293 e. The zero-order valence-corrected chi connectivity index (χ0v) is 18.3. The van der Waals surface area contributed by atoms with Gasteiger partial charge in [-0.25, -0.2) is 18.4 Å². The van der Waals surface area contributed by atoms with E-state index in [1.165, 1.54) is 6.07 Å². The zero-order chi connectivity index (χ0) is 23.5. The van der Waals surface area contributed by atoms with Crippen molar-refractivity contribution in [1.29, 1.82) is 0 Å². The lowest BCUT2D eigenvalue weighted by molar-refractivity contribution is 0.0577. The predicted molar refractivity (Wildman–Crippen MR) is 123 cm³/mol. The first-order valence-electron chi connectivity index (χ1n) is 11.1. The summed E-state index contributed by atoms with van der Waals surface area (Å²) in [6, 6.07) is 22.4. The highest BCUT2D eigenvalue weighted by Gasteiger charge is 2.28. The molecule has 4 aromatic rings. The minimum absolute atomic E-state index is 0.0157. The molecule has 6 nitrogen and oxygen atoms in total. The first kappa shape index (κ1) is 21.8. The Kier molecular flexibility index (Phi) is 6.03. The van der Waals surface area contributed by atoms with Gasteiger partial charge in [0.25, 0.3) is 5.91 Å². The second-order valence-electron chi connectivity index (χ2n) is 8.06. The number of carbonyl (C=O) groups excluding carboxylic acids is 1. The van der Waals surface area contributed by atoms with Crippen LogP contribution >= 0.6 is 0 Å². The number of amides is 1. The minimum atomic E-state index is -0.734. The lowest BCUT2D eigenvalue weighted by Gasteiger charge is -2.31. The van der Waals surface area contributed by atoms with Gasteiger partial charge in [0, 0.05) is 37.6 Å². The summed E-state index contributed by atoms with van der Waals surface area (Å²) in [7, 11) is 0. The van der Waals surface area contributed by atoms with Crippen LogP contribution in [0.5, 0.6) is 5.75 Å². The number of halogens is 2. The van der Waals surface area contributed by atoms with Crippen molar-refractivity contribution in [2.75, 3.05) is 13.1 Å². The van der Waals surface area contributed by atoms with Gasteiger partial charge in [-0.05, 0) is 24.3 Å². The van der Waals surface area contributed by atoms with Gasteiger partial charge in [0.2, 0.25) is 5.82 Å². The van der Waals surface area contributed by atoms with Gasteiger partial charge in [-0.2, -0.15) is 0 Å². The summed E-state index contributed by atoms with van der Waals surface area (Å²) >= 11 is 0. The predicted octanol–water partition coefficient (Wildman–Crippen LogP) is 4.90. The average Bonchev–Trinajstić information content (AvgIpc) is 3.32. The molecule has 0 atom stereocenters. The van der Waals surface area contributed by atoms with Gasteiger partial charge in [-0.3, -0.25) is 4.79 Å². The third-order valence-electron chi connectivity index (χ3n) is 5.75. The number of hydrogen-bond acceptors (Lipinski definition) is 4. The number of benzene rings is 3. The molecule has 2 heterocycles. The van der Waals surface area contributed by atoms with Crippen molar-refractivity contribution in [3.05, 3.63) is 96.3 Å². The van der Waals surface area contributed by atoms with E-state index in [0.29, 0.717) is 31.8 Å². The molecule has 1 saturated heterocycles. The third kappa shape index (κ3) is 4.52. The van der Waals surface area contributed by atoms with Gasteiger partial charge < -0.3 is 9.64 Å². The largest absolute Gasteiger partial charge is 0.487 e. The van der Waals surface area contributed by atoms with E-state index in [4.69, 9.17) is 4.74 Å². The molecule has 1 fully saturated rings. The van der Waals surface area contributed by atoms with E-state index in [1.54, 1.807) is 9.58 Å². The summed E-state index contributed by atoms with van der Waals surface area (Å²) in [5, 5.41) is 4.54. The number of likely N-dealkylation sites (tertiary alicyclic amines) is 1. The van der Waals surface area contributed by atoms with E-state index in [0.717, 1.165) is 23.4 Å². The Balaban J connectivity index is 1.33. The van der Waals surface area contributed by atoms with E-state index in [-0.39, 0.29) is 23.6 Å². The molecule has 0 aliphatic carbocycles. The maximum atomic E-state index is 13.9. The minimum Gasteiger partial charge on any atom is -0.487 e. The van der Waals surface area contributed by atoms with Crippen LogP contribution in [0, 0.1) is 11.6 Å². The first-order valence-corrected chi connectivity index (χ1v) is 11.1. The summed E-state index contributed by atoms with van der Waals surface area (Å²) < 4.78 is 34.4. The quantitative estimate of drug-likeness (QED) is 0.425. The highest BCUT2D eigenvalue weighted by atomic mass is 19.1. The molecule has 1 amide bonds. The van der Waals surface area contributed by atoms with Crippen molar-refractivity contribution in [2.24, 2.45) is 0 Å². The summed E-state index contributed by atoms with van der Waals surface area (Å²) in [4.78, 5) is 19.5. The summed E-state index contributed by atoms with van der Waals surface area (Å²) in [6.45, 7) is 0.847. The topological polar surface area (TPSA) is 60.2 Å². The van der Waals surface area contributed by atoms with E-state index < -0.39 is 11.6 Å². The molecule has 0 unspecified atom stereocenters. The fourth-order valence-corrected chi connectivity index (χ4v) is 3.99. The molecule has 1 aliphatic rings. The number of ether oxygens (including phenoxy) is 1. The van der Waals surface area contributed by atoms with Crippen LogP contribution in [0.2, 0.25) is 0 Å². The second kappa shape index (κ2) is 9.43. The fourth-order valence-electron chi connectivity index (χ4n) is 3.99. The van der Waals surface area contributed by atoms with Crippen molar-refractivity contribution in [1.82, 2.24) is 19.7 Å². The van der Waals surface area contributed by atoms with Crippen molar-refractivity contribution in [3.63, 3.8) is 0 Å². The van der Waals surface area contributed by atoms with Crippen molar-refractivity contribution in [3.8, 4) is 22.8 Å². The number of carbonyl (C=O) groups is 1. The molecule has 5 rings (SSSR count). The van der Waals surface area contributed by atoms with Crippen LogP contribution in [0.3, 0.4) is 0 Å². The average molecular weight is 460 g/mol. The van der Waals surface area contributed by atoms with Gasteiger partial charge >= 0.3 is 0 Å². The van der Waals surface area contributed by atoms with Crippen LogP contribution in [0.1, 0.15) is 23.5 Å². The van der Waals surface area contributed by atoms with E-state index in [9.17, 15) is 13.6 Å². The SMILES string of the molecule is O=C(c1nc(-c2ccccc2)n(-c2ccccc2)n1)N1CCC(Oc2ccc(F)cc2F)CC1. The molecule has 0 N–H and O–H groups in total. The molecule has 1 aromatic heterocycles. The Bertz CT molecular complexity index is 1230. The number of nitrogens with zero attached hydrogens (tertiary/aromatic N) is 4. The normalized spacial score (nSPS) is 14.2. The molecule has 172 valence electrons. The highest BCUT2D eigenvalue weighted by molar-refractivity contribution is 5.91. The molecule has 34 heavy (non-hydrogen) atoms. The molecule has 0 saturated carbocycles. The number of hydrogen-bond donors (Lipinski definition) is 0. The smallest absolute Gasteiger partial charge is 0.293 e. The van der Waals surface area contributed by atoms with E-state index in [2.05, 4.69) is 10.1 Å². The summed E-state index contributed by atoms with van der Waals surface area (Å²) in [5.74, 6) is -0.933. The van der Waals surface area contributed by atoms with Gasteiger partial charge in [0.15, 0.2) is 17.4 Å². The van der Waals surface area contributed by atoms with Gasteiger partial charge in [0.1, 0.15) is 11.9 Å².